The van der Waals surface area contributed by atoms with Gasteiger partial charge >= 0.3 is 0 Å². The van der Waals surface area contributed by atoms with E-state index in [1.807, 2.05) is 18.2 Å². The fourth-order valence-corrected chi connectivity index (χ4v) is 2.74. The van der Waals surface area contributed by atoms with Crippen molar-refractivity contribution < 1.29 is 0 Å². The molecule has 0 aliphatic rings. The van der Waals surface area contributed by atoms with Crippen molar-refractivity contribution in [1.29, 1.82) is 0 Å². The van der Waals surface area contributed by atoms with Gasteiger partial charge in [0, 0.05) is 10.0 Å². The highest BCUT2D eigenvalue weighted by Crippen LogP contribution is 2.29. The zero-order chi connectivity index (χ0) is 14.0. The summed E-state index contributed by atoms with van der Waals surface area (Å²) in [5.74, 6) is 5.72. The lowest BCUT2D eigenvalue weighted by atomic mass is 9.93. The van der Waals surface area contributed by atoms with Crippen LogP contribution in [0.15, 0.2) is 36.4 Å². The Bertz CT molecular complexity index is 576. The second-order valence-electron chi connectivity index (χ2n) is 4.59. The van der Waals surface area contributed by atoms with Gasteiger partial charge in [-0.15, -0.1) is 0 Å². The van der Waals surface area contributed by atoms with Crippen LogP contribution in [0.4, 0.5) is 0 Å². The van der Waals surface area contributed by atoms with Crippen LogP contribution in [-0.4, -0.2) is 0 Å². The molecule has 0 fully saturated rings. The Morgan fingerprint density at radius 3 is 2.26 bits per heavy atom. The number of nitrogens with two attached hydrogens (primary N) is 1. The van der Waals surface area contributed by atoms with Crippen LogP contribution >= 0.6 is 23.2 Å². The molecule has 100 valence electrons. The quantitative estimate of drug-likeness (QED) is 0.659. The average molecular weight is 295 g/mol. The molecule has 2 rings (SSSR count). The van der Waals surface area contributed by atoms with Crippen LogP contribution in [0, 0.1) is 13.8 Å². The molecule has 0 heterocycles. The molecule has 0 saturated heterocycles. The van der Waals surface area contributed by atoms with E-state index in [4.69, 9.17) is 29.0 Å². The Morgan fingerprint density at radius 1 is 1.05 bits per heavy atom. The van der Waals surface area contributed by atoms with Crippen LogP contribution in [0.3, 0.4) is 0 Å². The van der Waals surface area contributed by atoms with E-state index >= 15 is 0 Å². The number of aryl methyl sites for hydroxylation is 1. The zero-order valence-electron chi connectivity index (χ0n) is 10.9. The number of hydrogen-bond donors (Lipinski definition) is 2. The van der Waals surface area contributed by atoms with Gasteiger partial charge in [0.05, 0.1) is 6.04 Å². The van der Waals surface area contributed by atoms with E-state index in [-0.39, 0.29) is 6.04 Å². The third-order valence-electron chi connectivity index (χ3n) is 3.34. The van der Waals surface area contributed by atoms with Gasteiger partial charge in [0.25, 0.3) is 0 Å². The number of hydrazine groups is 1. The largest absolute Gasteiger partial charge is 0.271 e. The van der Waals surface area contributed by atoms with Gasteiger partial charge in [0.1, 0.15) is 0 Å². The summed E-state index contributed by atoms with van der Waals surface area (Å²) >= 11 is 12.1. The van der Waals surface area contributed by atoms with Gasteiger partial charge < -0.3 is 0 Å². The van der Waals surface area contributed by atoms with Gasteiger partial charge in [-0.2, -0.15) is 0 Å². The van der Waals surface area contributed by atoms with Gasteiger partial charge in [-0.05, 0) is 54.3 Å². The van der Waals surface area contributed by atoms with Crippen LogP contribution in [0.5, 0.6) is 0 Å². The lowest BCUT2D eigenvalue weighted by Gasteiger charge is -2.20. The molecule has 0 amide bonds. The van der Waals surface area contributed by atoms with Crippen molar-refractivity contribution in [1.82, 2.24) is 5.43 Å². The minimum Gasteiger partial charge on any atom is -0.271 e. The van der Waals surface area contributed by atoms with Crippen molar-refractivity contribution in [3.05, 3.63) is 68.7 Å². The Balaban J connectivity index is 2.53. The maximum absolute atomic E-state index is 6.06. The molecule has 2 nitrogen and oxygen atoms in total. The number of benzene rings is 2. The summed E-state index contributed by atoms with van der Waals surface area (Å²) in [5, 5.41) is 1.21. The fourth-order valence-electron chi connectivity index (χ4n) is 2.19. The van der Waals surface area contributed by atoms with E-state index in [2.05, 4.69) is 31.4 Å². The van der Waals surface area contributed by atoms with E-state index in [1.54, 1.807) is 6.07 Å². The van der Waals surface area contributed by atoms with Crippen LogP contribution in [-0.2, 0) is 0 Å². The minimum absolute atomic E-state index is 0.129. The summed E-state index contributed by atoms with van der Waals surface area (Å²) in [4.78, 5) is 0. The summed E-state index contributed by atoms with van der Waals surface area (Å²) in [5.41, 5.74) is 7.36. The zero-order valence-corrected chi connectivity index (χ0v) is 12.4. The first-order valence-corrected chi connectivity index (χ1v) is 6.76. The molecule has 1 atom stereocenters. The molecule has 0 aromatic heterocycles. The smallest absolute Gasteiger partial charge is 0.0713 e. The summed E-state index contributed by atoms with van der Waals surface area (Å²) in [6, 6.07) is 11.5. The van der Waals surface area contributed by atoms with Crippen molar-refractivity contribution >= 4 is 23.2 Å². The molecule has 0 saturated carbocycles. The SMILES string of the molecule is Cc1cccc(C(NN)c2cc(Cl)cc(Cl)c2)c1C. The first-order valence-electron chi connectivity index (χ1n) is 6.01. The molecular formula is C15H16Cl2N2. The van der Waals surface area contributed by atoms with E-state index < -0.39 is 0 Å². The summed E-state index contributed by atoms with van der Waals surface area (Å²) in [6.07, 6.45) is 0. The van der Waals surface area contributed by atoms with Crippen molar-refractivity contribution in [2.24, 2.45) is 5.84 Å². The second-order valence-corrected chi connectivity index (χ2v) is 5.46. The highest BCUT2D eigenvalue weighted by molar-refractivity contribution is 6.34. The van der Waals surface area contributed by atoms with Gasteiger partial charge in [-0.25, -0.2) is 5.43 Å². The van der Waals surface area contributed by atoms with E-state index in [0.717, 1.165) is 11.1 Å². The van der Waals surface area contributed by atoms with Crippen LogP contribution in [0.2, 0.25) is 10.0 Å². The summed E-state index contributed by atoms with van der Waals surface area (Å²) in [7, 11) is 0. The second kappa shape index (κ2) is 5.93. The predicted octanol–water partition coefficient (Wildman–Crippen LogP) is 4.16. The van der Waals surface area contributed by atoms with Crippen molar-refractivity contribution in [2.75, 3.05) is 0 Å². The Hall–Kier alpha value is -1.06. The van der Waals surface area contributed by atoms with Crippen LogP contribution in [0.1, 0.15) is 28.3 Å². The van der Waals surface area contributed by atoms with Crippen molar-refractivity contribution in [3.8, 4) is 0 Å². The average Bonchev–Trinajstić information content (AvgIpc) is 2.34. The van der Waals surface area contributed by atoms with Gasteiger partial charge in [0.2, 0.25) is 0 Å². The molecule has 0 spiro atoms. The number of hydrogen-bond acceptors (Lipinski definition) is 2. The molecule has 0 radical (unpaired) electrons. The molecule has 2 aromatic rings. The monoisotopic (exact) mass is 294 g/mol. The molecule has 4 heteroatoms. The maximum atomic E-state index is 6.06. The van der Waals surface area contributed by atoms with E-state index in [9.17, 15) is 0 Å². The highest BCUT2D eigenvalue weighted by atomic mass is 35.5. The predicted molar refractivity (Wildman–Crippen MR) is 81.5 cm³/mol. The van der Waals surface area contributed by atoms with E-state index in [0.29, 0.717) is 10.0 Å². The van der Waals surface area contributed by atoms with Crippen LogP contribution in [0.25, 0.3) is 0 Å². The fraction of sp³-hybridized carbons (Fsp3) is 0.200. The van der Waals surface area contributed by atoms with Crippen LogP contribution < -0.4 is 11.3 Å². The molecule has 1 unspecified atom stereocenters. The topological polar surface area (TPSA) is 38.0 Å². The van der Waals surface area contributed by atoms with Gasteiger partial charge in [-0.3, -0.25) is 5.84 Å². The normalized spacial score (nSPS) is 12.5. The molecule has 0 aliphatic heterocycles. The third-order valence-corrected chi connectivity index (χ3v) is 3.78. The van der Waals surface area contributed by atoms with E-state index in [1.165, 1.54) is 11.1 Å². The first-order chi connectivity index (χ1) is 9.02. The van der Waals surface area contributed by atoms with Crippen molar-refractivity contribution in [3.63, 3.8) is 0 Å². The Kier molecular flexibility index (Phi) is 4.48. The van der Waals surface area contributed by atoms with Gasteiger partial charge in [-0.1, -0.05) is 41.4 Å². The molecule has 3 N–H and O–H groups in total. The maximum Gasteiger partial charge on any atom is 0.0713 e. The summed E-state index contributed by atoms with van der Waals surface area (Å²) in [6.45, 7) is 4.17. The molecule has 0 bridgehead atoms. The number of nitrogens with one attached hydrogen (secondary N) is 1. The molecule has 0 aliphatic carbocycles. The van der Waals surface area contributed by atoms with Gasteiger partial charge in [0.15, 0.2) is 0 Å². The Labute approximate surface area is 123 Å². The molecule has 19 heavy (non-hydrogen) atoms. The lowest BCUT2D eigenvalue weighted by molar-refractivity contribution is 0.633. The number of halogens is 2. The lowest BCUT2D eigenvalue weighted by Crippen LogP contribution is -2.29. The standard InChI is InChI=1S/C15H16Cl2N2/c1-9-4-3-5-14(10(9)2)15(19-18)11-6-12(16)8-13(17)7-11/h3-8,15,19H,18H2,1-2H3. The first kappa shape index (κ1) is 14.4. The van der Waals surface area contributed by atoms with Crippen molar-refractivity contribution in [2.45, 2.75) is 19.9 Å². The highest BCUT2D eigenvalue weighted by Gasteiger charge is 2.16. The Morgan fingerprint density at radius 2 is 1.68 bits per heavy atom. The number of rotatable bonds is 3. The minimum atomic E-state index is -0.129. The summed E-state index contributed by atoms with van der Waals surface area (Å²) < 4.78 is 0. The third kappa shape index (κ3) is 3.10. The molecule has 2 aromatic carbocycles. The molecular weight excluding hydrogens is 279 g/mol.